The molecular weight excluding hydrogens is 370 g/mol. The van der Waals surface area contributed by atoms with Crippen molar-refractivity contribution in [3.63, 3.8) is 0 Å². The van der Waals surface area contributed by atoms with Gasteiger partial charge in [-0.3, -0.25) is 4.99 Å². The summed E-state index contributed by atoms with van der Waals surface area (Å²) >= 11 is 7.58. The number of aromatic nitrogens is 2. The minimum absolute atomic E-state index is 0.213. The highest BCUT2D eigenvalue weighted by Gasteiger charge is 2.18. The van der Waals surface area contributed by atoms with Crippen LogP contribution in [-0.4, -0.2) is 27.4 Å². The lowest BCUT2D eigenvalue weighted by atomic mass is 10.2. The fourth-order valence-electron chi connectivity index (χ4n) is 2.45. The van der Waals surface area contributed by atoms with E-state index in [9.17, 15) is 8.78 Å². The number of hydrogen-bond donors (Lipinski definition) is 2. The van der Waals surface area contributed by atoms with Gasteiger partial charge in [0.2, 0.25) is 0 Å². The maximum atomic E-state index is 14.4. The molecule has 0 bridgehead atoms. The monoisotopic (exact) mass is 380 g/mol. The zero-order valence-electron chi connectivity index (χ0n) is 12.6. The molecule has 1 aliphatic rings. The average Bonchev–Trinajstić information content (AvgIpc) is 3.22. The van der Waals surface area contributed by atoms with E-state index in [0.29, 0.717) is 27.8 Å². The second kappa shape index (κ2) is 6.53. The van der Waals surface area contributed by atoms with Gasteiger partial charge in [-0.15, -0.1) is 0 Å². The van der Waals surface area contributed by atoms with Gasteiger partial charge in [0.05, 0.1) is 17.0 Å². The van der Waals surface area contributed by atoms with Crippen LogP contribution in [0.15, 0.2) is 35.6 Å². The van der Waals surface area contributed by atoms with E-state index in [1.807, 2.05) is 0 Å². The molecule has 3 aromatic rings. The summed E-state index contributed by atoms with van der Waals surface area (Å²) in [7, 11) is 0. The van der Waals surface area contributed by atoms with E-state index in [0.717, 1.165) is 17.9 Å². The number of amidine groups is 1. The maximum absolute atomic E-state index is 14.4. The van der Waals surface area contributed by atoms with E-state index in [4.69, 9.17) is 16.3 Å². The molecule has 3 heterocycles. The first-order valence-corrected chi connectivity index (χ1v) is 8.71. The van der Waals surface area contributed by atoms with E-state index in [1.165, 1.54) is 30.2 Å². The molecule has 25 heavy (non-hydrogen) atoms. The summed E-state index contributed by atoms with van der Waals surface area (Å²) in [6.07, 6.45) is 3.00. The van der Waals surface area contributed by atoms with Crippen molar-refractivity contribution >= 4 is 45.3 Å². The van der Waals surface area contributed by atoms with Crippen molar-refractivity contribution in [2.24, 2.45) is 4.99 Å². The standard InChI is InChI=1S/C16H11ClF2N4OS/c17-9-7-22-15-13(9)12(1-2-20-15)24-14-10(18)5-8(6-11(14)19)23-16-21-3-4-25-16/h1-2,5-7H,3-4H2,(H,20,22)(H,21,23). The molecule has 0 atom stereocenters. The molecule has 0 aliphatic carbocycles. The normalized spacial score (nSPS) is 14.0. The molecule has 128 valence electrons. The number of pyridine rings is 1. The fraction of sp³-hybridized carbons (Fsp3) is 0.125. The Bertz CT molecular complexity index is 968. The van der Waals surface area contributed by atoms with Gasteiger partial charge in [0.15, 0.2) is 22.6 Å². The van der Waals surface area contributed by atoms with Crippen LogP contribution < -0.4 is 10.1 Å². The molecule has 1 aromatic carbocycles. The van der Waals surface area contributed by atoms with E-state index in [-0.39, 0.29) is 11.4 Å². The quantitative estimate of drug-likeness (QED) is 0.685. The summed E-state index contributed by atoms with van der Waals surface area (Å²) in [6.45, 7) is 0.689. The van der Waals surface area contributed by atoms with Crippen molar-refractivity contribution in [1.29, 1.82) is 0 Å². The van der Waals surface area contributed by atoms with Crippen LogP contribution >= 0.6 is 23.4 Å². The summed E-state index contributed by atoms with van der Waals surface area (Å²) in [4.78, 5) is 11.1. The predicted octanol–water partition coefficient (Wildman–Crippen LogP) is 4.80. The summed E-state index contributed by atoms with van der Waals surface area (Å²) in [6, 6.07) is 3.82. The molecule has 5 nitrogen and oxygen atoms in total. The molecule has 0 saturated carbocycles. The topological polar surface area (TPSA) is 62.3 Å². The minimum Gasteiger partial charge on any atom is -0.450 e. The number of aromatic amines is 1. The van der Waals surface area contributed by atoms with Crippen molar-refractivity contribution in [3.05, 3.63) is 47.2 Å². The zero-order valence-corrected chi connectivity index (χ0v) is 14.2. The lowest BCUT2D eigenvalue weighted by Crippen LogP contribution is -2.06. The Morgan fingerprint density at radius 2 is 2.08 bits per heavy atom. The highest BCUT2D eigenvalue weighted by molar-refractivity contribution is 8.14. The van der Waals surface area contributed by atoms with Crippen LogP contribution in [0.3, 0.4) is 0 Å². The molecule has 0 amide bonds. The van der Waals surface area contributed by atoms with Crippen LogP contribution in [0.1, 0.15) is 0 Å². The number of nitrogens with one attached hydrogen (secondary N) is 2. The van der Waals surface area contributed by atoms with Crippen molar-refractivity contribution in [3.8, 4) is 11.5 Å². The van der Waals surface area contributed by atoms with Gasteiger partial charge in [-0.1, -0.05) is 23.4 Å². The molecule has 2 aromatic heterocycles. The lowest BCUT2D eigenvalue weighted by Gasteiger charge is -2.11. The Morgan fingerprint density at radius 1 is 1.28 bits per heavy atom. The zero-order chi connectivity index (χ0) is 17.4. The summed E-state index contributed by atoms with van der Waals surface area (Å²) in [5.74, 6) is -1.10. The Hall–Kier alpha value is -2.32. The smallest absolute Gasteiger partial charge is 0.198 e. The summed E-state index contributed by atoms with van der Waals surface area (Å²) in [5.41, 5.74) is 0.743. The number of aliphatic imine (C=N–C) groups is 1. The number of anilines is 1. The third-order valence-corrected chi connectivity index (χ3v) is 4.72. The van der Waals surface area contributed by atoms with Crippen LogP contribution in [0.5, 0.6) is 11.5 Å². The van der Waals surface area contributed by atoms with Crippen molar-refractivity contribution < 1.29 is 13.5 Å². The van der Waals surface area contributed by atoms with E-state index >= 15 is 0 Å². The van der Waals surface area contributed by atoms with Gasteiger partial charge in [0, 0.05) is 36.0 Å². The maximum Gasteiger partial charge on any atom is 0.198 e. The van der Waals surface area contributed by atoms with Gasteiger partial charge >= 0.3 is 0 Å². The molecule has 0 saturated heterocycles. The number of benzene rings is 1. The average molecular weight is 381 g/mol. The first-order chi connectivity index (χ1) is 12.1. The highest BCUT2D eigenvalue weighted by atomic mass is 35.5. The SMILES string of the molecule is Fc1cc(NC2=NCCS2)cc(F)c1Oc1ccnc2[nH]cc(Cl)c12. The number of ether oxygens (including phenoxy) is 1. The Balaban J connectivity index is 1.67. The van der Waals surface area contributed by atoms with Crippen LogP contribution in [0, 0.1) is 11.6 Å². The van der Waals surface area contributed by atoms with Crippen LogP contribution in [0.25, 0.3) is 11.0 Å². The minimum atomic E-state index is -0.831. The molecule has 0 spiro atoms. The molecule has 0 fully saturated rings. The van der Waals surface area contributed by atoms with Gasteiger partial charge in [0.1, 0.15) is 11.4 Å². The van der Waals surface area contributed by atoms with E-state index in [2.05, 4.69) is 20.3 Å². The number of halogens is 3. The van der Waals surface area contributed by atoms with Crippen molar-refractivity contribution in [1.82, 2.24) is 9.97 Å². The summed E-state index contributed by atoms with van der Waals surface area (Å²) < 4.78 is 34.2. The van der Waals surface area contributed by atoms with Gasteiger partial charge < -0.3 is 15.0 Å². The van der Waals surface area contributed by atoms with Crippen molar-refractivity contribution in [2.75, 3.05) is 17.6 Å². The van der Waals surface area contributed by atoms with Crippen LogP contribution in [0.4, 0.5) is 14.5 Å². The van der Waals surface area contributed by atoms with Crippen LogP contribution in [0.2, 0.25) is 5.02 Å². The molecular formula is C16H11ClF2N4OS. The summed E-state index contributed by atoms with van der Waals surface area (Å²) in [5, 5.41) is 4.35. The molecule has 4 rings (SSSR count). The van der Waals surface area contributed by atoms with Gasteiger partial charge in [-0.05, 0) is 6.07 Å². The van der Waals surface area contributed by atoms with Crippen LogP contribution in [-0.2, 0) is 0 Å². The molecule has 9 heteroatoms. The fourth-order valence-corrected chi connectivity index (χ4v) is 3.43. The third-order valence-electron chi connectivity index (χ3n) is 3.53. The Kier molecular flexibility index (Phi) is 4.22. The molecule has 2 N–H and O–H groups in total. The van der Waals surface area contributed by atoms with Gasteiger partial charge in [-0.2, -0.15) is 0 Å². The second-order valence-electron chi connectivity index (χ2n) is 5.20. The van der Waals surface area contributed by atoms with E-state index < -0.39 is 17.4 Å². The van der Waals surface area contributed by atoms with E-state index in [1.54, 1.807) is 0 Å². The number of thioether (sulfide) groups is 1. The third kappa shape index (κ3) is 3.14. The molecule has 0 radical (unpaired) electrons. The largest absolute Gasteiger partial charge is 0.450 e. The Labute approximate surface area is 150 Å². The predicted molar refractivity (Wildman–Crippen MR) is 95.9 cm³/mol. The first kappa shape index (κ1) is 16.2. The number of hydrogen-bond acceptors (Lipinski definition) is 5. The highest BCUT2D eigenvalue weighted by Crippen LogP contribution is 2.36. The van der Waals surface area contributed by atoms with Gasteiger partial charge in [0.25, 0.3) is 0 Å². The number of H-pyrrole nitrogens is 1. The first-order valence-electron chi connectivity index (χ1n) is 7.34. The number of fused-ring (bicyclic) bond motifs is 1. The Morgan fingerprint density at radius 3 is 2.80 bits per heavy atom. The lowest BCUT2D eigenvalue weighted by molar-refractivity contribution is 0.411. The van der Waals surface area contributed by atoms with Gasteiger partial charge in [-0.25, -0.2) is 13.8 Å². The molecule has 1 aliphatic heterocycles. The number of nitrogens with zero attached hydrogens (tertiary/aromatic N) is 2. The molecule has 0 unspecified atom stereocenters. The number of rotatable bonds is 3. The van der Waals surface area contributed by atoms with Crippen molar-refractivity contribution in [2.45, 2.75) is 0 Å². The second-order valence-corrected chi connectivity index (χ2v) is 6.69.